The Morgan fingerprint density at radius 2 is 1.96 bits per heavy atom. The molecule has 28 heavy (non-hydrogen) atoms. The summed E-state index contributed by atoms with van der Waals surface area (Å²) in [5.74, 6) is -0.239. The standard InChI is InChI=1S/C22H27N3O3/c23-12-6-13-25(16-17-7-2-1-3-8-17)22(27)18-9-4-10-19(15-18)24-21(26)20-11-5-14-28-20/h1-4,7-10,15,20H,5-6,11-14,16,23H2,(H,24,26). The van der Waals surface area contributed by atoms with Crippen molar-refractivity contribution in [1.82, 2.24) is 4.90 Å². The molecule has 1 saturated heterocycles. The number of amides is 2. The first kappa shape index (κ1) is 20.0. The summed E-state index contributed by atoms with van der Waals surface area (Å²) >= 11 is 0. The third-order valence-corrected chi connectivity index (χ3v) is 4.73. The van der Waals surface area contributed by atoms with Crippen LogP contribution in [0.15, 0.2) is 54.6 Å². The number of anilines is 1. The second-order valence-electron chi connectivity index (χ2n) is 6.93. The Morgan fingerprint density at radius 1 is 1.14 bits per heavy atom. The molecule has 0 saturated carbocycles. The number of benzene rings is 2. The molecule has 0 aromatic heterocycles. The van der Waals surface area contributed by atoms with Crippen LogP contribution < -0.4 is 11.1 Å². The van der Waals surface area contributed by atoms with E-state index in [-0.39, 0.29) is 11.8 Å². The van der Waals surface area contributed by atoms with E-state index in [4.69, 9.17) is 10.5 Å². The number of carbonyl (C=O) groups excluding carboxylic acids is 2. The Bertz CT molecular complexity index is 789. The second-order valence-corrected chi connectivity index (χ2v) is 6.93. The Labute approximate surface area is 165 Å². The van der Waals surface area contributed by atoms with Gasteiger partial charge in [0, 0.05) is 30.9 Å². The minimum Gasteiger partial charge on any atom is -0.368 e. The highest BCUT2D eigenvalue weighted by Gasteiger charge is 2.24. The first-order valence-corrected chi connectivity index (χ1v) is 9.73. The molecule has 6 nitrogen and oxygen atoms in total. The molecule has 1 fully saturated rings. The molecule has 0 spiro atoms. The fraction of sp³-hybridized carbons (Fsp3) is 0.364. The van der Waals surface area contributed by atoms with E-state index in [2.05, 4.69) is 5.32 Å². The Balaban J connectivity index is 1.71. The maximum absolute atomic E-state index is 13.1. The van der Waals surface area contributed by atoms with Crippen molar-refractivity contribution in [2.75, 3.05) is 25.0 Å². The molecular weight excluding hydrogens is 354 g/mol. The number of rotatable bonds is 8. The largest absolute Gasteiger partial charge is 0.368 e. The minimum absolute atomic E-state index is 0.0782. The summed E-state index contributed by atoms with van der Waals surface area (Å²) in [6, 6.07) is 16.9. The molecule has 3 rings (SSSR count). The van der Waals surface area contributed by atoms with Crippen molar-refractivity contribution >= 4 is 17.5 Å². The van der Waals surface area contributed by atoms with Crippen LogP contribution in [0.3, 0.4) is 0 Å². The number of hydrogen-bond acceptors (Lipinski definition) is 4. The second kappa shape index (κ2) is 10.0. The molecule has 2 aromatic carbocycles. The summed E-state index contributed by atoms with van der Waals surface area (Å²) in [5.41, 5.74) is 7.86. The molecule has 1 aliphatic rings. The summed E-state index contributed by atoms with van der Waals surface area (Å²) in [5, 5.41) is 2.86. The van der Waals surface area contributed by atoms with Gasteiger partial charge in [0.2, 0.25) is 0 Å². The predicted molar refractivity (Wildman–Crippen MR) is 109 cm³/mol. The van der Waals surface area contributed by atoms with Crippen molar-refractivity contribution in [2.24, 2.45) is 5.73 Å². The third-order valence-electron chi connectivity index (χ3n) is 4.73. The monoisotopic (exact) mass is 381 g/mol. The Morgan fingerprint density at radius 3 is 2.68 bits per heavy atom. The summed E-state index contributed by atoms with van der Waals surface area (Å²) in [6.07, 6.45) is 1.95. The first-order chi connectivity index (χ1) is 13.7. The maximum Gasteiger partial charge on any atom is 0.254 e. The van der Waals surface area contributed by atoms with E-state index < -0.39 is 6.10 Å². The molecule has 1 heterocycles. The van der Waals surface area contributed by atoms with Gasteiger partial charge < -0.3 is 20.7 Å². The van der Waals surface area contributed by atoms with E-state index >= 15 is 0 Å². The molecule has 1 atom stereocenters. The van der Waals surface area contributed by atoms with Crippen LogP contribution in [0.1, 0.15) is 35.2 Å². The molecule has 1 aliphatic heterocycles. The van der Waals surface area contributed by atoms with Crippen molar-refractivity contribution in [1.29, 1.82) is 0 Å². The molecule has 0 bridgehead atoms. The SMILES string of the molecule is NCCCN(Cc1ccccc1)C(=O)c1cccc(NC(=O)C2CCCO2)c1. The van der Waals surface area contributed by atoms with E-state index in [1.165, 1.54) is 0 Å². The van der Waals surface area contributed by atoms with Crippen LogP contribution >= 0.6 is 0 Å². The van der Waals surface area contributed by atoms with Crippen molar-refractivity contribution in [2.45, 2.75) is 31.9 Å². The highest BCUT2D eigenvalue weighted by atomic mass is 16.5. The van der Waals surface area contributed by atoms with Gasteiger partial charge in [-0.1, -0.05) is 36.4 Å². The number of ether oxygens (including phenoxy) is 1. The summed E-state index contributed by atoms with van der Waals surface area (Å²) in [7, 11) is 0. The smallest absolute Gasteiger partial charge is 0.254 e. The topological polar surface area (TPSA) is 84.7 Å². The zero-order chi connectivity index (χ0) is 19.8. The highest BCUT2D eigenvalue weighted by molar-refractivity contribution is 5.98. The van der Waals surface area contributed by atoms with Gasteiger partial charge in [0.05, 0.1) is 0 Å². The summed E-state index contributed by atoms with van der Waals surface area (Å²) in [6.45, 7) is 2.24. The van der Waals surface area contributed by atoms with Gasteiger partial charge in [0.25, 0.3) is 11.8 Å². The third kappa shape index (κ3) is 5.41. The number of nitrogens with one attached hydrogen (secondary N) is 1. The van der Waals surface area contributed by atoms with E-state index in [0.29, 0.717) is 37.5 Å². The number of carbonyl (C=O) groups is 2. The molecule has 2 amide bonds. The zero-order valence-corrected chi connectivity index (χ0v) is 16.0. The lowest BCUT2D eigenvalue weighted by molar-refractivity contribution is -0.124. The first-order valence-electron chi connectivity index (χ1n) is 9.73. The Kier molecular flexibility index (Phi) is 7.17. The maximum atomic E-state index is 13.1. The van der Waals surface area contributed by atoms with Crippen molar-refractivity contribution in [3.8, 4) is 0 Å². The van der Waals surface area contributed by atoms with Crippen LogP contribution in [0.2, 0.25) is 0 Å². The molecule has 6 heteroatoms. The fourth-order valence-corrected chi connectivity index (χ4v) is 3.26. The van der Waals surface area contributed by atoms with Crippen LogP contribution in [0, 0.1) is 0 Å². The van der Waals surface area contributed by atoms with Crippen molar-refractivity contribution in [3.05, 3.63) is 65.7 Å². The van der Waals surface area contributed by atoms with E-state index in [1.54, 1.807) is 29.2 Å². The lowest BCUT2D eigenvalue weighted by Crippen LogP contribution is -2.32. The van der Waals surface area contributed by atoms with Crippen LogP contribution in [-0.4, -0.2) is 42.5 Å². The Hall–Kier alpha value is -2.70. The molecular formula is C22H27N3O3. The summed E-state index contributed by atoms with van der Waals surface area (Å²) < 4.78 is 5.41. The van der Waals surface area contributed by atoms with Crippen LogP contribution in [0.25, 0.3) is 0 Å². The minimum atomic E-state index is -0.404. The quantitative estimate of drug-likeness (QED) is 0.736. The molecule has 3 N–H and O–H groups in total. The summed E-state index contributed by atoms with van der Waals surface area (Å²) in [4.78, 5) is 27.2. The van der Waals surface area contributed by atoms with E-state index in [1.807, 2.05) is 30.3 Å². The van der Waals surface area contributed by atoms with Gasteiger partial charge in [0.15, 0.2) is 0 Å². The molecule has 1 unspecified atom stereocenters. The number of nitrogens with zero attached hydrogens (tertiary/aromatic N) is 1. The number of nitrogens with two attached hydrogens (primary N) is 1. The molecule has 0 aliphatic carbocycles. The zero-order valence-electron chi connectivity index (χ0n) is 16.0. The van der Waals surface area contributed by atoms with E-state index in [9.17, 15) is 9.59 Å². The lowest BCUT2D eigenvalue weighted by Gasteiger charge is -2.23. The van der Waals surface area contributed by atoms with Crippen molar-refractivity contribution in [3.63, 3.8) is 0 Å². The average Bonchev–Trinajstić information content (AvgIpc) is 3.27. The number of hydrogen-bond donors (Lipinski definition) is 2. The lowest BCUT2D eigenvalue weighted by atomic mass is 10.1. The van der Waals surface area contributed by atoms with Gasteiger partial charge >= 0.3 is 0 Å². The van der Waals surface area contributed by atoms with Gasteiger partial charge in [-0.05, 0) is 49.6 Å². The van der Waals surface area contributed by atoms with Gasteiger partial charge in [-0.2, -0.15) is 0 Å². The van der Waals surface area contributed by atoms with E-state index in [0.717, 1.165) is 24.8 Å². The van der Waals surface area contributed by atoms with Crippen LogP contribution in [-0.2, 0) is 16.1 Å². The van der Waals surface area contributed by atoms with Gasteiger partial charge in [-0.3, -0.25) is 9.59 Å². The van der Waals surface area contributed by atoms with Gasteiger partial charge in [0.1, 0.15) is 6.10 Å². The highest BCUT2D eigenvalue weighted by Crippen LogP contribution is 2.18. The van der Waals surface area contributed by atoms with Crippen LogP contribution in [0.4, 0.5) is 5.69 Å². The molecule has 2 aromatic rings. The van der Waals surface area contributed by atoms with Gasteiger partial charge in [-0.25, -0.2) is 0 Å². The predicted octanol–water partition coefficient (Wildman–Crippen LogP) is 2.80. The molecule has 0 radical (unpaired) electrons. The van der Waals surface area contributed by atoms with Crippen molar-refractivity contribution < 1.29 is 14.3 Å². The van der Waals surface area contributed by atoms with Gasteiger partial charge in [-0.15, -0.1) is 0 Å². The fourth-order valence-electron chi connectivity index (χ4n) is 3.26. The average molecular weight is 381 g/mol. The normalized spacial score (nSPS) is 16.0. The molecule has 148 valence electrons. The van der Waals surface area contributed by atoms with Crippen LogP contribution in [0.5, 0.6) is 0 Å².